The second kappa shape index (κ2) is 5.75. The molecule has 0 saturated heterocycles. The molecule has 0 aliphatic heterocycles. The van der Waals surface area contributed by atoms with Crippen LogP contribution in [0.25, 0.3) is 0 Å². The smallest absolute Gasteiger partial charge is 0.416 e. The molecule has 0 aliphatic rings. The Bertz CT molecular complexity index is 398. The zero-order chi connectivity index (χ0) is 13.8. The lowest BCUT2D eigenvalue weighted by Crippen LogP contribution is -2.26. The molecule has 0 amide bonds. The molecule has 3 nitrogen and oxygen atoms in total. The van der Waals surface area contributed by atoms with Crippen LogP contribution in [0.1, 0.15) is 19.4 Å². The quantitative estimate of drug-likeness (QED) is 0.782. The van der Waals surface area contributed by atoms with Crippen LogP contribution in [0.2, 0.25) is 0 Å². The van der Waals surface area contributed by atoms with Crippen molar-refractivity contribution >= 4 is 5.97 Å². The van der Waals surface area contributed by atoms with Crippen molar-refractivity contribution in [3.05, 3.63) is 29.8 Å². The molecule has 0 N–H and O–H groups in total. The number of ether oxygens (including phenoxy) is 2. The average Bonchev–Trinajstić information content (AvgIpc) is 2.28. The number of carbonyl (C=O) groups is 1. The summed E-state index contributed by atoms with van der Waals surface area (Å²) in [6.45, 7) is 3.35. The molecule has 0 radical (unpaired) electrons. The van der Waals surface area contributed by atoms with Crippen LogP contribution in [0.3, 0.4) is 0 Å². The van der Waals surface area contributed by atoms with Gasteiger partial charge in [0.15, 0.2) is 6.10 Å². The zero-order valence-electron chi connectivity index (χ0n) is 9.95. The molecule has 6 heteroatoms. The van der Waals surface area contributed by atoms with Gasteiger partial charge in [-0.25, -0.2) is 4.79 Å². The summed E-state index contributed by atoms with van der Waals surface area (Å²) in [5, 5.41) is 0. The molecule has 1 rings (SSSR count). The Morgan fingerprint density at radius 2 is 1.83 bits per heavy atom. The standard InChI is InChI=1S/C12H13F3O3/c1-3-17-11(16)8(2)18-10-6-4-9(5-7-10)12(13,14)15/h4-8H,3H2,1-2H3. The number of benzene rings is 1. The van der Waals surface area contributed by atoms with Gasteiger partial charge < -0.3 is 9.47 Å². The first-order valence-corrected chi connectivity index (χ1v) is 5.35. The van der Waals surface area contributed by atoms with Crippen LogP contribution in [-0.4, -0.2) is 18.7 Å². The molecule has 0 heterocycles. The van der Waals surface area contributed by atoms with Crippen molar-refractivity contribution in [2.45, 2.75) is 26.1 Å². The van der Waals surface area contributed by atoms with E-state index >= 15 is 0 Å². The van der Waals surface area contributed by atoms with E-state index in [-0.39, 0.29) is 12.4 Å². The van der Waals surface area contributed by atoms with Crippen LogP contribution >= 0.6 is 0 Å². The Balaban J connectivity index is 2.67. The minimum Gasteiger partial charge on any atom is -0.479 e. The van der Waals surface area contributed by atoms with Gasteiger partial charge in [-0.05, 0) is 38.1 Å². The molecule has 0 fully saturated rings. The first-order valence-electron chi connectivity index (χ1n) is 5.35. The summed E-state index contributed by atoms with van der Waals surface area (Å²) in [4.78, 5) is 11.2. The monoisotopic (exact) mass is 262 g/mol. The molecule has 0 aliphatic carbocycles. The van der Waals surface area contributed by atoms with E-state index in [1.165, 1.54) is 19.1 Å². The third kappa shape index (κ3) is 3.94. The molecular weight excluding hydrogens is 249 g/mol. The summed E-state index contributed by atoms with van der Waals surface area (Å²) >= 11 is 0. The number of alkyl halides is 3. The third-order valence-electron chi connectivity index (χ3n) is 2.11. The topological polar surface area (TPSA) is 35.5 Å². The van der Waals surface area contributed by atoms with Gasteiger partial charge in [0, 0.05) is 0 Å². The van der Waals surface area contributed by atoms with Gasteiger partial charge in [0.1, 0.15) is 5.75 Å². The van der Waals surface area contributed by atoms with Gasteiger partial charge in [0.25, 0.3) is 0 Å². The Kier molecular flexibility index (Phi) is 4.58. The molecule has 1 atom stereocenters. The van der Waals surface area contributed by atoms with Crippen molar-refractivity contribution in [3.63, 3.8) is 0 Å². The summed E-state index contributed by atoms with van der Waals surface area (Å²) in [6, 6.07) is 4.12. The maximum atomic E-state index is 12.3. The second-order valence-corrected chi connectivity index (χ2v) is 3.53. The lowest BCUT2D eigenvalue weighted by Gasteiger charge is -2.14. The fourth-order valence-corrected chi connectivity index (χ4v) is 1.23. The van der Waals surface area contributed by atoms with Crippen LogP contribution in [-0.2, 0) is 15.7 Å². The number of carbonyl (C=O) groups excluding carboxylic acids is 1. The van der Waals surface area contributed by atoms with Crippen molar-refractivity contribution in [1.82, 2.24) is 0 Å². The van der Waals surface area contributed by atoms with E-state index in [4.69, 9.17) is 9.47 Å². The Morgan fingerprint density at radius 1 is 1.28 bits per heavy atom. The maximum Gasteiger partial charge on any atom is 0.416 e. The highest BCUT2D eigenvalue weighted by Gasteiger charge is 2.30. The summed E-state index contributed by atoms with van der Waals surface area (Å²) < 4.78 is 46.8. The molecule has 100 valence electrons. The Labute approximate surface area is 103 Å². The second-order valence-electron chi connectivity index (χ2n) is 3.53. The summed E-state index contributed by atoms with van der Waals surface area (Å²) in [5.41, 5.74) is -0.765. The maximum absolute atomic E-state index is 12.3. The molecular formula is C12H13F3O3. The molecule has 1 aromatic rings. The van der Waals surface area contributed by atoms with E-state index < -0.39 is 23.8 Å². The van der Waals surface area contributed by atoms with Gasteiger partial charge in [-0.15, -0.1) is 0 Å². The predicted octanol–water partition coefficient (Wildman–Crippen LogP) is 3.04. The molecule has 0 bridgehead atoms. The van der Waals surface area contributed by atoms with E-state index in [9.17, 15) is 18.0 Å². The number of halogens is 3. The van der Waals surface area contributed by atoms with Crippen LogP contribution in [0.4, 0.5) is 13.2 Å². The number of hydrogen-bond donors (Lipinski definition) is 0. The molecule has 18 heavy (non-hydrogen) atoms. The highest BCUT2D eigenvalue weighted by atomic mass is 19.4. The number of hydrogen-bond acceptors (Lipinski definition) is 3. The highest BCUT2D eigenvalue weighted by Crippen LogP contribution is 2.30. The van der Waals surface area contributed by atoms with Gasteiger partial charge >= 0.3 is 12.1 Å². The lowest BCUT2D eigenvalue weighted by atomic mass is 10.2. The van der Waals surface area contributed by atoms with Crippen molar-refractivity contribution in [2.75, 3.05) is 6.61 Å². The first kappa shape index (κ1) is 14.3. The largest absolute Gasteiger partial charge is 0.479 e. The van der Waals surface area contributed by atoms with Gasteiger partial charge in [-0.2, -0.15) is 13.2 Å². The normalized spacial score (nSPS) is 12.9. The minimum atomic E-state index is -4.38. The van der Waals surface area contributed by atoms with Gasteiger partial charge in [-0.1, -0.05) is 0 Å². The van der Waals surface area contributed by atoms with Crippen LogP contribution in [0, 0.1) is 0 Å². The minimum absolute atomic E-state index is 0.184. The molecule has 0 spiro atoms. The van der Waals surface area contributed by atoms with Crippen molar-refractivity contribution in [1.29, 1.82) is 0 Å². The van der Waals surface area contributed by atoms with Crippen molar-refractivity contribution in [3.8, 4) is 5.75 Å². The van der Waals surface area contributed by atoms with E-state index in [1.54, 1.807) is 6.92 Å². The van der Waals surface area contributed by atoms with E-state index in [1.807, 2.05) is 0 Å². The Morgan fingerprint density at radius 3 is 2.28 bits per heavy atom. The average molecular weight is 262 g/mol. The first-order chi connectivity index (χ1) is 8.34. The summed E-state index contributed by atoms with van der Waals surface area (Å²) in [7, 11) is 0. The van der Waals surface area contributed by atoms with Crippen LogP contribution in [0.15, 0.2) is 24.3 Å². The SMILES string of the molecule is CCOC(=O)C(C)Oc1ccc(C(F)(F)F)cc1. The zero-order valence-corrected chi connectivity index (χ0v) is 9.95. The summed E-state index contributed by atoms with van der Waals surface area (Å²) in [5.74, 6) is -0.374. The molecule has 0 aromatic heterocycles. The van der Waals surface area contributed by atoms with E-state index in [2.05, 4.69) is 0 Å². The number of esters is 1. The third-order valence-corrected chi connectivity index (χ3v) is 2.11. The van der Waals surface area contributed by atoms with Crippen molar-refractivity contribution < 1.29 is 27.4 Å². The highest BCUT2D eigenvalue weighted by molar-refractivity contribution is 5.74. The van der Waals surface area contributed by atoms with Gasteiger partial charge in [0.2, 0.25) is 0 Å². The fourth-order valence-electron chi connectivity index (χ4n) is 1.23. The van der Waals surface area contributed by atoms with E-state index in [0.717, 1.165) is 12.1 Å². The van der Waals surface area contributed by atoms with Gasteiger partial charge in [0.05, 0.1) is 12.2 Å². The van der Waals surface area contributed by atoms with Gasteiger partial charge in [-0.3, -0.25) is 0 Å². The fraction of sp³-hybridized carbons (Fsp3) is 0.417. The molecule has 1 aromatic carbocycles. The van der Waals surface area contributed by atoms with Crippen LogP contribution in [0.5, 0.6) is 5.75 Å². The number of rotatable bonds is 4. The van der Waals surface area contributed by atoms with Crippen LogP contribution < -0.4 is 4.74 Å². The summed E-state index contributed by atoms with van der Waals surface area (Å²) in [6.07, 6.45) is -5.24. The Hall–Kier alpha value is -1.72. The molecule has 1 unspecified atom stereocenters. The predicted molar refractivity (Wildman–Crippen MR) is 58.2 cm³/mol. The lowest BCUT2D eigenvalue weighted by molar-refractivity contribution is -0.150. The van der Waals surface area contributed by atoms with Crippen molar-refractivity contribution in [2.24, 2.45) is 0 Å². The van der Waals surface area contributed by atoms with E-state index in [0.29, 0.717) is 0 Å². The molecule has 0 saturated carbocycles.